The van der Waals surface area contributed by atoms with E-state index in [1.54, 1.807) is 0 Å². The van der Waals surface area contributed by atoms with Crippen molar-refractivity contribution in [2.75, 3.05) is 6.54 Å². The summed E-state index contributed by atoms with van der Waals surface area (Å²) in [6.45, 7) is 14.5. The number of aromatic nitrogens is 1. The van der Waals surface area contributed by atoms with Crippen molar-refractivity contribution >= 4 is 29.9 Å². The molecule has 2 rings (SSSR count). The van der Waals surface area contributed by atoms with Crippen molar-refractivity contribution in [1.29, 1.82) is 0 Å². The molecule has 0 radical (unpaired) electrons. The van der Waals surface area contributed by atoms with Crippen molar-refractivity contribution in [2.24, 2.45) is 4.99 Å². The summed E-state index contributed by atoms with van der Waals surface area (Å²) in [5.74, 6) is 2.30. The van der Waals surface area contributed by atoms with Crippen molar-refractivity contribution in [3.05, 3.63) is 52.7 Å². The molecular weight excluding hydrogens is 439 g/mol. The lowest BCUT2D eigenvalue weighted by Gasteiger charge is -2.19. The molecule has 1 heterocycles. The topological polar surface area (TPSA) is 62.5 Å². The standard InChI is InChI=1S/C20H30N4O.HI/c1-7-21-19(23-13-18-24-14(2)15(3)25-18)22-12-16-8-10-17(11-9-16)20(4,5)6;/h8-11H,7,12-13H2,1-6H3,(H2,21,22,23);1H. The Morgan fingerprint density at radius 3 is 2.27 bits per heavy atom. The van der Waals surface area contributed by atoms with Gasteiger partial charge in [0, 0.05) is 6.54 Å². The summed E-state index contributed by atoms with van der Waals surface area (Å²) < 4.78 is 5.59. The van der Waals surface area contributed by atoms with Crippen molar-refractivity contribution in [1.82, 2.24) is 15.6 Å². The number of guanidine groups is 1. The molecule has 1 aromatic carbocycles. The largest absolute Gasteiger partial charge is 0.444 e. The summed E-state index contributed by atoms with van der Waals surface area (Å²) in [6, 6.07) is 8.66. The number of nitrogens with zero attached hydrogens (tertiary/aromatic N) is 2. The van der Waals surface area contributed by atoms with Crippen LogP contribution < -0.4 is 10.6 Å². The van der Waals surface area contributed by atoms with Crippen molar-refractivity contribution in [2.45, 2.75) is 60.0 Å². The van der Waals surface area contributed by atoms with Gasteiger partial charge in [0.2, 0.25) is 5.89 Å². The highest BCUT2D eigenvalue weighted by Crippen LogP contribution is 2.22. The van der Waals surface area contributed by atoms with Crippen LogP contribution in [0.1, 0.15) is 56.2 Å². The molecule has 0 aliphatic carbocycles. The van der Waals surface area contributed by atoms with Crippen LogP contribution in [0, 0.1) is 13.8 Å². The van der Waals surface area contributed by atoms with Crippen LogP contribution in [-0.4, -0.2) is 17.5 Å². The van der Waals surface area contributed by atoms with Gasteiger partial charge in [-0.3, -0.25) is 0 Å². The molecule has 0 aliphatic rings. The Morgan fingerprint density at radius 2 is 1.77 bits per heavy atom. The molecule has 0 fully saturated rings. The third kappa shape index (κ3) is 6.63. The fourth-order valence-electron chi connectivity index (χ4n) is 2.40. The molecule has 0 aliphatic heterocycles. The van der Waals surface area contributed by atoms with E-state index in [0.29, 0.717) is 19.0 Å². The first-order chi connectivity index (χ1) is 11.8. The summed E-state index contributed by atoms with van der Waals surface area (Å²) in [5, 5.41) is 6.52. The average Bonchev–Trinajstić information content (AvgIpc) is 2.88. The first-order valence-electron chi connectivity index (χ1n) is 8.84. The maximum absolute atomic E-state index is 5.59. The minimum absolute atomic E-state index is 0. The van der Waals surface area contributed by atoms with E-state index in [9.17, 15) is 0 Å². The van der Waals surface area contributed by atoms with E-state index in [1.807, 2.05) is 13.8 Å². The Bertz CT molecular complexity index is 695. The van der Waals surface area contributed by atoms with Gasteiger partial charge in [-0.15, -0.1) is 24.0 Å². The zero-order valence-corrected chi connectivity index (χ0v) is 19.0. The Kier molecular flexibility index (Phi) is 8.59. The molecule has 144 valence electrons. The molecule has 0 atom stereocenters. The second-order valence-electron chi connectivity index (χ2n) is 7.24. The molecule has 0 spiro atoms. The van der Waals surface area contributed by atoms with Crippen LogP contribution in [0.3, 0.4) is 0 Å². The van der Waals surface area contributed by atoms with Gasteiger partial charge < -0.3 is 15.1 Å². The molecule has 6 heteroatoms. The van der Waals surface area contributed by atoms with E-state index in [1.165, 1.54) is 11.1 Å². The average molecular weight is 470 g/mol. The summed E-state index contributed by atoms with van der Waals surface area (Å²) >= 11 is 0. The molecule has 1 aromatic heterocycles. The number of aliphatic imine (C=N–C) groups is 1. The van der Waals surface area contributed by atoms with Crippen LogP contribution in [0.15, 0.2) is 33.7 Å². The normalized spacial score (nSPS) is 11.8. The molecule has 2 N–H and O–H groups in total. The maximum Gasteiger partial charge on any atom is 0.214 e. The summed E-state index contributed by atoms with van der Waals surface area (Å²) in [7, 11) is 0. The Morgan fingerprint density at radius 1 is 1.12 bits per heavy atom. The number of hydrogen-bond acceptors (Lipinski definition) is 3. The Hall–Kier alpha value is -1.57. The number of rotatable bonds is 5. The lowest BCUT2D eigenvalue weighted by Crippen LogP contribution is -2.36. The van der Waals surface area contributed by atoms with Gasteiger partial charge in [-0.25, -0.2) is 9.98 Å². The van der Waals surface area contributed by atoms with Crippen LogP contribution in [0.25, 0.3) is 0 Å². The number of halogens is 1. The second-order valence-corrected chi connectivity index (χ2v) is 7.24. The minimum atomic E-state index is 0. The molecule has 0 saturated carbocycles. The summed E-state index contributed by atoms with van der Waals surface area (Å²) in [4.78, 5) is 9.03. The predicted octanol–water partition coefficient (Wildman–Crippen LogP) is 4.46. The van der Waals surface area contributed by atoms with Gasteiger partial charge in [-0.1, -0.05) is 45.0 Å². The molecule has 0 unspecified atom stereocenters. The van der Waals surface area contributed by atoms with Crippen LogP contribution >= 0.6 is 24.0 Å². The first-order valence-corrected chi connectivity index (χ1v) is 8.84. The van der Waals surface area contributed by atoms with E-state index in [2.05, 4.69) is 72.6 Å². The van der Waals surface area contributed by atoms with Gasteiger partial charge in [0.25, 0.3) is 0 Å². The van der Waals surface area contributed by atoms with Gasteiger partial charge in [0.15, 0.2) is 5.96 Å². The van der Waals surface area contributed by atoms with Gasteiger partial charge in [-0.2, -0.15) is 0 Å². The minimum Gasteiger partial charge on any atom is -0.444 e. The van der Waals surface area contributed by atoms with Crippen LogP contribution in [0.2, 0.25) is 0 Å². The van der Waals surface area contributed by atoms with Crippen LogP contribution in [0.4, 0.5) is 0 Å². The maximum atomic E-state index is 5.59. The highest BCUT2D eigenvalue weighted by atomic mass is 127. The number of benzene rings is 1. The molecule has 0 amide bonds. The zero-order chi connectivity index (χ0) is 18.4. The number of oxazole rings is 1. The van der Waals surface area contributed by atoms with Gasteiger partial charge >= 0.3 is 0 Å². The smallest absolute Gasteiger partial charge is 0.214 e. The molecule has 0 saturated heterocycles. The number of hydrogen-bond donors (Lipinski definition) is 2. The quantitative estimate of drug-likeness (QED) is 0.385. The van der Waals surface area contributed by atoms with E-state index >= 15 is 0 Å². The molecular formula is C20H31IN4O. The molecule has 2 aromatic rings. The first kappa shape index (κ1) is 22.5. The zero-order valence-electron chi connectivity index (χ0n) is 16.6. The molecule has 26 heavy (non-hydrogen) atoms. The van der Waals surface area contributed by atoms with E-state index in [-0.39, 0.29) is 29.4 Å². The Labute approximate surface area is 174 Å². The highest BCUT2D eigenvalue weighted by Gasteiger charge is 2.12. The SMILES string of the molecule is CCNC(=NCc1ccc(C(C)(C)C)cc1)NCc1nc(C)c(C)o1.I. The third-order valence-electron chi connectivity index (χ3n) is 4.06. The van der Waals surface area contributed by atoms with Gasteiger partial charge in [-0.05, 0) is 37.3 Å². The summed E-state index contributed by atoms with van der Waals surface area (Å²) in [6.07, 6.45) is 0. The Balaban J connectivity index is 0.00000338. The fourth-order valence-corrected chi connectivity index (χ4v) is 2.40. The predicted molar refractivity (Wildman–Crippen MR) is 118 cm³/mol. The fraction of sp³-hybridized carbons (Fsp3) is 0.500. The number of nitrogens with one attached hydrogen (secondary N) is 2. The van der Waals surface area contributed by atoms with Crippen molar-refractivity contribution in [3.63, 3.8) is 0 Å². The van der Waals surface area contributed by atoms with Crippen molar-refractivity contribution in [3.8, 4) is 0 Å². The highest BCUT2D eigenvalue weighted by molar-refractivity contribution is 14.0. The molecule has 0 bridgehead atoms. The van der Waals surface area contributed by atoms with E-state index in [4.69, 9.17) is 4.42 Å². The number of aryl methyl sites for hydroxylation is 2. The van der Waals surface area contributed by atoms with E-state index in [0.717, 1.165) is 24.0 Å². The monoisotopic (exact) mass is 470 g/mol. The van der Waals surface area contributed by atoms with Gasteiger partial charge in [0.05, 0.1) is 18.8 Å². The second kappa shape index (κ2) is 9.94. The van der Waals surface area contributed by atoms with E-state index < -0.39 is 0 Å². The lowest BCUT2D eigenvalue weighted by molar-refractivity contribution is 0.463. The van der Waals surface area contributed by atoms with Crippen molar-refractivity contribution < 1.29 is 4.42 Å². The van der Waals surface area contributed by atoms with Crippen LogP contribution in [0.5, 0.6) is 0 Å². The summed E-state index contributed by atoms with van der Waals surface area (Å²) in [5.41, 5.74) is 3.62. The van der Waals surface area contributed by atoms with Crippen LogP contribution in [-0.2, 0) is 18.5 Å². The molecule has 5 nitrogen and oxygen atoms in total. The lowest BCUT2D eigenvalue weighted by atomic mass is 9.87. The third-order valence-corrected chi connectivity index (χ3v) is 4.06. The van der Waals surface area contributed by atoms with Gasteiger partial charge in [0.1, 0.15) is 5.76 Å².